The first-order chi connectivity index (χ1) is 12.0. The zero-order valence-electron chi connectivity index (χ0n) is 13.7. The van der Waals surface area contributed by atoms with Crippen molar-refractivity contribution in [2.24, 2.45) is 0 Å². The fourth-order valence-electron chi connectivity index (χ4n) is 2.20. The third kappa shape index (κ3) is 4.21. The molecule has 1 heterocycles. The van der Waals surface area contributed by atoms with E-state index >= 15 is 0 Å². The molecule has 6 nitrogen and oxygen atoms in total. The number of carbonyl (C=O) groups is 1. The van der Waals surface area contributed by atoms with E-state index in [1.54, 1.807) is 19.1 Å². The van der Waals surface area contributed by atoms with E-state index in [-0.39, 0.29) is 11.7 Å². The average molecular weight is 357 g/mol. The molecule has 1 atom stereocenters. The summed E-state index contributed by atoms with van der Waals surface area (Å²) in [5.74, 6) is -0.543. The summed E-state index contributed by atoms with van der Waals surface area (Å²) in [6, 6.07) is 13.5. The second-order valence-electron chi connectivity index (χ2n) is 5.47. The van der Waals surface area contributed by atoms with Gasteiger partial charge in [0.05, 0.1) is 10.9 Å². The van der Waals surface area contributed by atoms with Gasteiger partial charge in [-0.1, -0.05) is 30.0 Å². The zero-order chi connectivity index (χ0) is 17.8. The van der Waals surface area contributed by atoms with E-state index in [9.17, 15) is 9.18 Å². The molecule has 0 aliphatic carbocycles. The van der Waals surface area contributed by atoms with Crippen LogP contribution in [0.2, 0.25) is 0 Å². The Hall–Kier alpha value is -2.74. The van der Waals surface area contributed by atoms with Gasteiger partial charge in [0.2, 0.25) is 11.1 Å². The summed E-state index contributed by atoms with van der Waals surface area (Å²) in [6.45, 7) is 3.72. The molecule has 0 fully saturated rings. The van der Waals surface area contributed by atoms with Crippen LogP contribution >= 0.6 is 11.8 Å². The van der Waals surface area contributed by atoms with Crippen LogP contribution in [0.15, 0.2) is 53.7 Å². The standard InChI is InChI=1S/C17H16FN5OS/c1-11-5-3-7-14(9-11)19-16(24)12(2)25-17-20-21-22-23(17)15-8-4-6-13(18)10-15/h3-10,12H,1-2H3,(H,19,24)/t12-/m0/s1. The highest BCUT2D eigenvalue weighted by Gasteiger charge is 2.19. The lowest BCUT2D eigenvalue weighted by molar-refractivity contribution is -0.115. The number of hydrogen-bond acceptors (Lipinski definition) is 5. The Labute approximate surface area is 148 Å². The van der Waals surface area contributed by atoms with Crippen LogP contribution in [0.4, 0.5) is 10.1 Å². The number of anilines is 1. The number of halogens is 1. The van der Waals surface area contributed by atoms with Crippen molar-refractivity contribution >= 4 is 23.4 Å². The highest BCUT2D eigenvalue weighted by molar-refractivity contribution is 8.00. The summed E-state index contributed by atoms with van der Waals surface area (Å²) in [5.41, 5.74) is 2.30. The van der Waals surface area contributed by atoms with Crippen LogP contribution in [0.25, 0.3) is 5.69 Å². The molecule has 25 heavy (non-hydrogen) atoms. The first-order valence-electron chi connectivity index (χ1n) is 7.61. The molecule has 128 valence electrons. The SMILES string of the molecule is Cc1cccc(NC(=O)[C@H](C)Sc2nnnn2-c2cccc(F)c2)c1. The predicted molar refractivity (Wildman–Crippen MR) is 94.2 cm³/mol. The van der Waals surface area contributed by atoms with E-state index in [0.717, 1.165) is 11.3 Å². The van der Waals surface area contributed by atoms with Gasteiger partial charge in [-0.3, -0.25) is 4.79 Å². The minimum atomic E-state index is -0.432. The number of carbonyl (C=O) groups excluding carboxylic acids is 1. The molecule has 0 unspecified atom stereocenters. The van der Waals surface area contributed by atoms with Crippen molar-refractivity contribution in [1.82, 2.24) is 20.2 Å². The Morgan fingerprint density at radius 2 is 2.04 bits per heavy atom. The molecule has 1 aromatic heterocycles. The van der Waals surface area contributed by atoms with E-state index in [1.165, 1.54) is 28.6 Å². The number of nitrogens with zero attached hydrogens (tertiary/aromatic N) is 4. The van der Waals surface area contributed by atoms with Crippen molar-refractivity contribution in [2.45, 2.75) is 24.3 Å². The molecular formula is C17H16FN5OS. The fourth-order valence-corrected chi connectivity index (χ4v) is 3.01. The Kier molecular flexibility index (Phi) is 5.08. The first-order valence-corrected chi connectivity index (χ1v) is 8.49. The molecule has 0 bridgehead atoms. The molecule has 2 aromatic carbocycles. The summed E-state index contributed by atoms with van der Waals surface area (Å²) >= 11 is 1.20. The van der Waals surface area contributed by atoms with E-state index in [2.05, 4.69) is 20.8 Å². The zero-order valence-corrected chi connectivity index (χ0v) is 14.5. The van der Waals surface area contributed by atoms with Crippen LogP contribution in [-0.2, 0) is 4.79 Å². The van der Waals surface area contributed by atoms with Crippen molar-refractivity contribution < 1.29 is 9.18 Å². The summed E-state index contributed by atoms with van der Waals surface area (Å²) < 4.78 is 14.8. The van der Waals surface area contributed by atoms with E-state index < -0.39 is 5.25 Å². The quantitative estimate of drug-likeness (QED) is 0.710. The number of hydrogen-bond donors (Lipinski definition) is 1. The van der Waals surface area contributed by atoms with E-state index in [0.29, 0.717) is 10.8 Å². The number of thioether (sulfide) groups is 1. The van der Waals surface area contributed by atoms with Crippen LogP contribution in [0, 0.1) is 12.7 Å². The maximum atomic E-state index is 13.4. The summed E-state index contributed by atoms with van der Waals surface area (Å²) in [5, 5.41) is 14.3. The van der Waals surface area contributed by atoms with Gasteiger partial charge in [0.1, 0.15) is 5.82 Å². The molecule has 8 heteroatoms. The third-order valence-electron chi connectivity index (χ3n) is 3.43. The van der Waals surface area contributed by atoms with Gasteiger partial charge in [0, 0.05) is 5.69 Å². The third-order valence-corrected chi connectivity index (χ3v) is 4.46. The second kappa shape index (κ2) is 7.43. The molecule has 0 spiro atoms. The maximum Gasteiger partial charge on any atom is 0.237 e. The Morgan fingerprint density at radius 1 is 1.24 bits per heavy atom. The highest BCUT2D eigenvalue weighted by Crippen LogP contribution is 2.24. The predicted octanol–water partition coefficient (Wildman–Crippen LogP) is 3.23. The smallest absolute Gasteiger partial charge is 0.237 e. The summed E-state index contributed by atoms with van der Waals surface area (Å²) in [4.78, 5) is 12.4. The van der Waals surface area contributed by atoms with Crippen molar-refractivity contribution in [3.63, 3.8) is 0 Å². The molecule has 0 saturated carbocycles. The minimum absolute atomic E-state index is 0.163. The van der Waals surface area contributed by atoms with Crippen LogP contribution in [0.3, 0.4) is 0 Å². The second-order valence-corrected chi connectivity index (χ2v) is 6.78. The van der Waals surface area contributed by atoms with Crippen LogP contribution in [0.5, 0.6) is 0 Å². The lowest BCUT2D eigenvalue weighted by Gasteiger charge is -2.12. The normalized spacial score (nSPS) is 12.0. The average Bonchev–Trinajstić information content (AvgIpc) is 3.03. The van der Waals surface area contributed by atoms with Crippen LogP contribution < -0.4 is 5.32 Å². The van der Waals surface area contributed by atoms with Gasteiger partial charge in [-0.15, -0.1) is 5.10 Å². The molecular weight excluding hydrogens is 341 g/mol. The maximum absolute atomic E-state index is 13.4. The minimum Gasteiger partial charge on any atom is -0.325 e. The van der Waals surface area contributed by atoms with Gasteiger partial charge in [-0.25, -0.2) is 4.39 Å². The molecule has 0 aliphatic rings. The summed E-state index contributed by atoms with van der Waals surface area (Å²) in [6.07, 6.45) is 0. The number of tetrazole rings is 1. The fraction of sp³-hybridized carbons (Fsp3) is 0.176. The van der Waals surface area contributed by atoms with Gasteiger partial charge < -0.3 is 5.32 Å². The molecule has 1 amide bonds. The van der Waals surface area contributed by atoms with E-state index in [4.69, 9.17) is 0 Å². The van der Waals surface area contributed by atoms with Gasteiger partial charge in [0.15, 0.2) is 0 Å². The Bertz CT molecular complexity index is 898. The number of nitrogens with one attached hydrogen (secondary N) is 1. The number of amides is 1. The molecule has 1 N–H and O–H groups in total. The Balaban J connectivity index is 1.72. The molecule has 3 rings (SSSR count). The van der Waals surface area contributed by atoms with Gasteiger partial charge in [-0.05, 0) is 60.2 Å². The molecule has 3 aromatic rings. The van der Waals surface area contributed by atoms with E-state index in [1.807, 2.05) is 31.2 Å². The largest absolute Gasteiger partial charge is 0.325 e. The molecule has 0 saturated heterocycles. The van der Waals surface area contributed by atoms with Crippen LogP contribution in [-0.4, -0.2) is 31.4 Å². The van der Waals surface area contributed by atoms with Gasteiger partial charge >= 0.3 is 0 Å². The lowest BCUT2D eigenvalue weighted by Crippen LogP contribution is -2.23. The topological polar surface area (TPSA) is 72.7 Å². The van der Waals surface area contributed by atoms with Gasteiger partial charge in [-0.2, -0.15) is 4.68 Å². The van der Waals surface area contributed by atoms with Crippen molar-refractivity contribution in [1.29, 1.82) is 0 Å². The monoisotopic (exact) mass is 357 g/mol. The Morgan fingerprint density at radius 3 is 2.80 bits per heavy atom. The number of benzene rings is 2. The summed E-state index contributed by atoms with van der Waals surface area (Å²) in [7, 11) is 0. The van der Waals surface area contributed by atoms with Crippen molar-refractivity contribution in [2.75, 3.05) is 5.32 Å². The molecule has 0 aliphatic heterocycles. The van der Waals surface area contributed by atoms with Gasteiger partial charge in [0.25, 0.3) is 0 Å². The van der Waals surface area contributed by atoms with Crippen LogP contribution in [0.1, 0.15) is 12.5 Å². The first kappa shape index (κ1) is 17.1. The molecule has 0 radical (unpaired) electrons. The number of aryl methyl sites for hydroxylation is 1. The lowest BCUT2D eigenvalue weighted by atomic mass is 10.2. The van der Waals surface area contributed by atoms with Crippen molar-refractivity contribution in [3.8, 4) is 5.69 Å². The number of rotatable bonds is 5. The number of aromatic nitrogens is 4. The highest BCUT2D eigenvalue weighted by atomic mass is 32.2. The van der Waals surface area contributed by atoms with Crippen molar-refractivity contribution in [3.05, 3.63) is 59.9 Å².